The molecule has 6 nitrogen and oxygen atoms in total. The summed E-state index contributed by atoms with van der Waals surface area (Å²) in [7, 11) is -3.62. The number of para-hydroxylation sites is 1. The molecule has 3 rings (SSSR count). The van der Waals surface area contributed by atoms with E-state index < -0.39 is 10.0 Å². The van der Waals surface area contributed by atoms with Crippen LogP contribution in [0.1, 0.15) is 43.6 Å². The van der Waals surface area contributed by atoms with Gasteiger partial charge < -0.3 is 4.90 Å². The highest BCUT2D eigenvalue weighted by Crippen LogP contribution is 2.27. The largest absolute Gasteiger partial charge is 0.371 e. The van der Waals surface area contributed by atoms with Gasteiger partial charge in [-0.15, -0.1) is 0 Å². The van der Waals surface area contributed by atoms with Gasteiger partial charge in [0.1, 0.15) is 4.90 Å². The normalized spacial score (nSPS) is 18.1. The van der Waals surface area contributed by atoms with E-state index in [-0.39, 0.29) is 6.54 Å². The number of hydrogen-bond acceptors (Lipinski definition) is 4. The Kier molecular flexibility index (Phi) is 5.91. The summed E-state index contributed by atoms with van der Waals surface area (Å²) in [6.07, 6.45) is 2.43. The van der Waals surface area contributed by atoms with Gasteiger partial charge in [0.05, 0.1) is 11.4 Å². The molecule has 2 heterocycles. The Bertz CT molecular complexity index is 905. The number of piperidine rings is 1. The Balaban J connectivity index is 1.82. The zero-order valence-electron chi connectivity index (χ0n) is 16.7. The first-order chi connectivity index (χ1) is 12.8. The van der Waals surface area contributed by atoms with Gasteiger partial charge in [0.2, 0.25) is 10.0 Å². The molecule has 1 aromatic carbocycles. The standard InChI is InChI=1S/C20H30N4O2S/c1-5-24-17(4)20(16(3)22-24)27(25,26)21-13-18-10-6-7-11-19(18)23-12-8-9-15(2)14-23/h6-7,10-11,15,21H,5,8-9,12-14H2,1-4H3/t15-/m1/s1. The minimum atomic E-state index is -3.62. The van der Waals surface area contributed by atoms with Gasteiger partial charge in [-0.25, -0.2) is 13.1 Å². The van der Waals surface area contributed by atoms with Crippen LogP contribution in [-0.4, -0.2) is 31.3 Å². The van der Waals surface area contributed by atoms with Crippen LogP contribution in [0.15, 0.2) is 29.2 Å². The molecule has 1 aromatic heterocycles. The van der Waals surface area contributed by atoms with Crippen LogP contribution in [-0.2, 0) is 23.1 Å². The molecule has 0 aliphatic carbocycles. The fourth-order valence-corrected chi connectivity index (χ4v) is 5.41. The summed E-state index contributed by atoms with van der Waals surface area (Å²) in [6, 6.07) is 8.08. The number of benzene rings is 1. The van der Waals surface area contributed by atoms with Gasteiger partial charge in [0.25, 0.3) is 0 Å². The monoisotopic (exact) mass is 390 g/mol. The average molecular weight is 391 g/mol. The number of nitrogens with one attached hydrogen (secondary N) is 1. The van der Waals surface area contributed by atoms with Gasteiger partial charge in [-0.1, -0.05) is 25.1 Å². The lowest BCUT2D eigenvalue weighted by atomic mass is 9.99. The van der Waals surface area contributed by atoms with Gasteiger partial charge in [0, 0.05) is 31.9 Å². The smallest absolute Gasteiger partial charge is 0.244 e. The highest BCUT2D eigenvalue weighted by molar-refractivity contribution is 7.89. The number of sulfonamides is 1. The third kappa shape index (κ3) is 4.19. The van der Waals surface area contributed by atoms with E-state index in [1.807, 2.05) is 25.1 Å². The van der Waals surface area contributed by atoms with E-state index in [4.69, 9.17) is 0 Å². The molecule has 0 saturated carbocycles. The van der Waals surface area contributed by atoms with Crippen molar-refractivity contribution in [2.75, 3.05) is 18.0 Å². The Morgan fingerprint density at radius 2 is 2.00 bits per heavy atom. The number of nitrogens with zero attached hydrogens (tertiary/aromatic N) is 3. The first-order valence-electron chi connectivity index (χ1n) is 9.70. The second-order valence-corrected chi connectivity index (χ2v) is 9.17. The Hall–Kier alpha value is -1.86. The van der Waals surface area contributed by atoms with Crippen LogP contribution in [0.4, 0.5) is 5.69 Å². The van der Waals surface area contributed by atoms with Crippen LogP contribution in [0.25, 0.3) is 0 Å². The predicted octanol–water partition coefficient (Wildman–Crippen LogP) is 3.23. The molecular formula is C20H30N4O2S. The van der Waals surface area contributed by atoms with Crippen molar-refractivity contribution in [3.8, 4) is 0 Å². The van der Waals surface area contributed by atoms with Crippen LogP contribution in [0.5, 0.6) is 0 Å². The minimum Gasteiger partial charge on any atom is -0.371 e. The lowest BCUT2D eigenvalue weighted by molar-refractivity contribution is 0.446. The molecule has 0 unspecified atom stereocenters. The molecule has 2 aromatic rings. The van der Waals surface area contributed by atoms with Crippen molar-refractivity contribution >= 4 is 15.7 Å². The van der Waals surface area contributed by atoms with Crippen molar-refractivity contribution in [1.29, 1.82) is 0 Å². The number of aromatic nitrogens is 2. The van der Waals surface area contributed by atoms with Crippen molar-refractivity contribution in [3.63, 3.8) is 0 Å². The van der Waals surface area contributed by atoms with E-state index in [1.54, 1.807) is 18.5 Å². The molecule has 1 aliphatic rings. The summed E-state index contributed by atoms with van der Waals surface area (Å²) in [6.45, 7) is 10.8. The quantitative estimate of drug-likeness (QED) is 0.822. The maximum atomic E-state index is 12.9. The van der Waals surface area contributed by atoms with Crippen molar-refractivity contribution in [1.82, 2.24) is 14.5 Å². The fourth-order valence-electron chi connectivity index (χ4n) is 4.00. The van der Waals surface area contributed by atoms with Gasteiger partial charge in [-0.3, -0.25) is 4.68 Å². The van der Waals surface area contributed by atoms with Crippen molar-refractivity contribution in [3.05, 3.63) is 41.2 Å². The molecule has 148 valence electrons. The summed E-state index contributed by atoms with van der Waals surface area (Å²) in [4.78, 5) is 2.68. The molecular weight excluding hydrogens is 360 g/mol. The highest BCUT2D eigenvalue weighted by Gasteiger charge is 2.25. The molecule has 7 heteroatoms. The average Bonchev–Trinajstić information content (AvgIpc) is 2.94. The number of aryl methyl sites for hydroxylation is 2. The van der Waals surface area contributed by atoms with E-state index in [1.165, 1.54) is 12.8 Å². The third-order valence-electron chi connectivity index (χ3n) is 5.33. The number of anilines is 1. The van der Waals surface area contributed by atoms with Crippen molar-refractivity contribution < 1.29 is 8.42 Å². The fraction of sp³-hybridized carbons (Fsp3) is 0.550. The van der Waals surface area contributed by atoms with Gasteiger partial charge in [0.15, 0.2) is 0 Å². The van der Waals surface area contributed by atoms with Crippen LogP contribution in [0, 0.1) is 19.8 Å². The van der Waals surface area contributed by atoms with E-state index in [0.29, 0.717) is 28.7 Å². The van der Waals surface area contributed by atoms with E-state index in [2.05, 4.69) is 27.7 Å². The highest BCUT2D eigenvalue weighted by atomic mass is 32.2. The van der Waals surface area contributed by atoms with Gasteiger partial charge >= 0.3 is 0 Å². The Morgan fingerprint density at radius 3 is 2.67 bits per heavy atom. The summed E-state index contributed by atoms with van der Waals surface area (Å²) >= 11 is 0. The lowest BCUT2D eigenvalue weighted by Gasteiger charge is -2.34. The molecule has 0 spiro atoms. The van der Waals surface area contributed by atoms with Gasteiger partial charge in [-0.2, -0.15) is 5.10 Å². The molecule has 1 fully saturated rings. The lowest BCUT2D eigenvalue weighted by Crippen LogP contribution is -2.35. The second kappa shape index (κ2) is 8.02. The molecule has 0 amide bonds. The van der Waals surface area contributed by atoms with Gasteiger partial charge in [-0.05, 0) is 51.2 Å². The third-order valence-corrected chi connectivity index (χ3v) is 6.98. The maximum absolute atomic E-state index is 12.9. The summed E-state index contributed by atoms with van der Waals surface area (Å²) in [5.41, 5.74) is 3.36. The molecule has 0 bridgehead atoms. The first kappa shape index (κ1) is 19.9. The molecule has 0 radical (unpaired) electrons. The SMILES string of the molecule is CCn1nc(C)c(S(=O)(=O)NCc2ccccc2N2CCC[C@@H](C)C2)c1C. The second-order valence-electron chi connectivity index (χ2n) is 7.46. The minimum absolute atomic E-state index is 0.277. The molecule has 1 aliphatic heterocycles. The van der Waals surface area contributed by atoms with E-state index in [0.717, 1.165) is 24.3 Å². The summed E-state index contributed by atoms with van der Waals surface area (Å²) in [5, 5.41) is 4.34. The maximum Gasteiger partial charge on any atom is 0.244 e. The molecule has 27 heavy (non-hydrogen) atoms. The van der Waals surface area contributed by atoms with Crippen LogP contribution >= 0.6 is 0 Å². The van der Waals surface area contributed by atoms with Crippen molar-refractivity contribution in [2.24, 2.45) is 5.92 Å². The molecule has 1 atom stereocenters. The Morgan fingerprint density at radius 1 is 1.26 bits per heavy atom. The Labute approximate surface area is 162 Å². The zero-order chi connectivity index (χ0) is 19.6. The van der Waals surface area contributed by atoms with Crippen LogP contribution < -0.4 is 9.62 Å². The molecule has 1 N–H and O–H groups in total. The van der Waals surface area contributed by atoms with Crippen molar-refractivity contribution in [2.45, 2.75) is 58.5 Å². The first-order valence-corrected chi connectivity index (χ1v) is 11.2. The zero-order valence-corrected chi connectivity index (χ0v) is 17.5. The van der Waals surface area contributed by atoms with E-state index >= 15 is 0 Å². The molecule has 1 saturated heterocycles. The van der Waals surface area contributed by atoms with Crippen LogP contribution in [0.2, 0.25) is 0 Å². The summed E-state index contributed by atoms with van der Waals surface area (Å²) < 4.78 is 30.4. The summed E-state index contributed by atoms with van der Waals surface area (Å²) in [5.74, 6) is 0.661. The van der Waals surface area contributed by atoms with E-state index in [9.17, 15) is 8.42 Å². The number of hydrogen-bond donors (Lipinski definition) is 1. The predicted molar refractivity (Wildman–Crippen MR) is 108 cm³/mol. The topological polar surface area (TPSA) is 67.2 Å². The number of rotatable bonds is 6. The van der Waals surface area contributed by atoms with Crippen LogP contribution in [0.3, 0.4) is 0 Å².